The number of hydrogen-bond donors (Lipinski definition) is 4. The SMILES string of the molecule is NCC1CCC(CNc2nc(NCc3ccc(F)cc3C(F)(F)F)ncc2N[O-])CC1. The summed E-state index contributed by atoms with van der Waals surface area (Å²) in [5.74, 6) is 0.319. The van der Waals surface area contributed by atoms with Crippen LogP contribution in [0.4, 0.5) is 35.0 Å². The van der Waals surface area contributed by atoms with Crippen molar-refractivity contribution in [1.29, 1.82) is 0 Å². The van der Waals surface area contributed by atoms with Crippen molar-refractivity contribution < 1.29 is 17.6 Å². The molecule has 1 aromatic heterocycles. The smallest absolute Gasteiger partial charge is 0.416 e. The van der Waals surface area contributed by atoms with Crippen molar-refractivity contribution >= 4 is 17.5 Å². The lowest BCUT2D eigenvalue weighted by atomic mass is 9.82. The molecule has 0 aliphatic heterocycles. The highest BCUT2D eigenvalue weighted by Gasteiger charge is 2.33. The Bertz CT molecular complexity index is 871. The van der Waals surface area contributed by atoms with E-state index in [0.29, 0.717) is 31.0 Å². The predicted octanol–water partition coefficient (Wildman–Crippen LogP) is 4.33. The molecule has 0 bridgehead atoms. The van der Waals surface area contributed by atoms with E-state index in [9.17, 15) is 22.8 Å². The quantitative estimate of drug-likeness (QED) is 0.356. The van der Waals surface area contributed by atoms with Crippen LogP contribution in [0.5, 0.6) is 0 Å². The van der Waals surface area contributed by atoms with Crippen LogP contribution in [0.1, 0.15) is 36.8 Å². The lowest BCUT2D eigenvalue weighted by Crippen LogP contribution is -2.25. The minimum Gasteiger partial charge on any atom is -0.761 e. The van der Waals surface area contributed by atoms with Gasteiger partial charge in [0.05, 0.1) is 17.4 Å². The second-order valence-corrected chi connectivity index (χ2v) is 7.71. The Morgan fingerprint density at radius 2 is 1.81 bits per heavy atom. The molecule has 7 nitrogen and oxygen atoms in total. The molecular formula is C20H25F4N6O-. The summed E-state index contributed by atoms with van der Waals surface area (Å²) >= 11 is 0. The van der Waals surface area contributed by atoms with Gasteiger partial charge < -0.3 is 27.1 Å². The molecule has 31 heavy (non-hydrogen) atoms. The van der Waals surface area contributed by atoms with Crippen molar-refractivity contribution in [2.75, 3.05) is 29.2 Å². The number of aromatic nitrogens is 2. The molecule has 0 amide bonds. The van der Waals surface area contributed by atoms with Crippen LogP contribution in [0.2, 0.25) is 0 Å². The van der Waals surface area contributed by atoms with Gasteiger partial charge in [0.2, 0.25) is 5.95 Å². The molecule has 1 aromatic carbocycles. The van der Waals surface area contributed by atoms with Crippen LogP contribution < -0.4 is 21.8 Å². The van der Waals surface area contributed by atoms with E-state index in [0.717, 1.165) is 37.8 Å². The molecule has 5 N–H and O–H groups in total. The summed E-state index contributed by atoms with van der Waals surface area (Å²) in [7, 11) is 0. The van der Waals surface area contributed by atoms with Crippen LogP contribution in [0.25, 0.3) is 0 Å². The first kappa shape index (κ1) is 23.0. The average Bonchev–Trinajstić information content (AvgIpc) is 2.76. The largest absolute Gasteiger partial charge is 0.761 e. The van der Waals surface area contributed by atoms with E-state index in [-0.39, 0.29) is 29.6 Å². The van der Waals surface area contributed by atoms with Crippen molar-refractivity contribution in [3.63, 3.8) is 0 Å². The van der Waals surface area contributed by atoms with Gasteiger partial charge in [-0.3, -0.25) is 0 Å². The number of benzene rings is 1. The number of nitrogens with zero attached hydrogens (tertiary/aromatic N) is 2. The number of nitrogens with one attached hydrogen (secondary N) is 3. The first-order valence-corrected chi connectivity index (χ1v) is 10.1. The Morgan fingerprint density at radius 1 is 1.10 bits per heavy atom. The van der Waals surface area contributed by atoms with Crippen molar-refractivity contribution in [3.05, 3.63) is 46.5 Å². The first-order chi connectivity index (χ1) is 14.8. The van der Waals surface area contributed by atoms with Crippen LogP contribution in [-0.4, -0.2) is 23.1 Å². The van der Waals surface area contributed by atoms with E-state index in [2.05, 4.69) is 20.6 Å². The first-order valence-electron chi connectivity index (χ1n) is 10.1. The Balaban J connectivity index is 1.66. The van der Waals surface area contributed by atoms with Gasteiger partial charge in [-0.1, -0.05) is 6.07 Å². The van der Waals surface area contributed by atoms with E-state index in [1.165, 1.54) is 6.20 Å². The van der Waals surface area contributed by atoms with Gasteiger partial charge in [0.15, 0.2) is 5.82 Å². The zero-order valence-corrected chi connectivity index (χ0v) is 16.8. The lowest BCUT2D eigenvalue weighted by Gasteiger charge is -2.28. The Morgan fingerprint density at radius 3 is 2.45 bits per heavy atom. The van der Waals surface area contributed by atoms with E-state index >= 15 is 0 Å². The average molecular weight is 441 g/mol. The maximum absolute atomic E-state index is 13.3. The molecule has 1 saturated carbocycles. The standard InChI is InChI=1S/C20H25F4N6O/c21-15-6-5-14(16(7-15)20(22,23)24)10-27-19-28-11-17(30-31)18(29-19)26-9-13-3-1-12(8-25)2-4-13/h5-7,11-13,30H,1-4,8-10,25H2,(H2,26,27,28,29)/q-1. The van der Waals surface area contributed by atoms with Gasteiger partial charge in [-0.15, -0.1) is 0 Å². The normalized spacial score (nSPS) is 19.2. The van der Waals surface area contributed by atoms with E-state index in [4.69, 9.17) is 5.73 Å². The number of rotatable bonds is 8. The Hall–Kier alpha value is -2.66. The van der Waals surface area contributed by atoms with Gasteiger partial charge >= 0.3 is 6.18 Å². The zero-order valence-electron chi connectivity index (χ0n) is 16.8. The summed E-state index contributed by atoms with van der Waals surface area (Å²) in [4.78, 5) is 8.17. The molecule has 0 radical (unpaired) electrons. The van der Waals surface area contributed by atoms with E-state index in [1.807, 2.05) is 0 Å². The molecule has 0 spiro atoms. The fourth-order valence-corrected chi connectivity index (χ4v) is 3.73. The highest BCUT2D eigenvalue weighted by atomic mass is 19.4. The van der Waals surface area contributed by atoms with E-state index in [1.54, 1.807) is 5.48 Å². The number of anilines is 3. The van der Waals surface area contributed by atoms with Gasteiger partial charge in [0.1, 0.15) is 5.82 Å². The van der Waals surface area contributed by atoms with Gasteiger partial charge in [0.25, 0.3) is 0 Å². The highest BCUT2D eigenvalue weighted by molar-refractivity contribution is 5.65. The number of nitrogens with two attached hydrogens (primary N) is 1. The topological polar surface area (TPSA) is 111 Å². The number of hydrogen-bond acceptors (Lipinski definition) is 7. The van der Waals surface area contributed by atoms with Gasteiger partial charge in [-0.05, 0) is 61.8 Å². The Kier molecular flexibility index (Phi) is 7.50. The lowest BCUT2D eigenvalue weighted by molar-refractivity contribution is -0.138. The third-order valence-corrected chi connectivity index (χ3v) is 5.57. The van der Waals surface area contributed by atoms with Crippen molar-refractivity contribution in [1.82, 2.24) is 9.97 Å². The summed E-state index contributed by atoms with van der Waals surface area (Å²) in [5, 5.41) is 17.0. The summed E-state index contributed by atoms with van der Waals surface area (Å²) < 4.78 is 52.7. The molecule has 2 aromatic rings. The van der Waals surface area contributed by atoms with Crippen LogP contribution in [0, 0.1) is 22.9 Å². The van der Waals surface area contributed by atoms with Crippen LogP contribution in [0.15, 0.2) is 24.4 Å². The molecule has 170 valence electrons. The van der Waals surface area contributed by atoms with E-state index < -0.39 is 17.6 Å². The van der Waals surface area contributed by atoms with Crippen molar-refractivity contribution in [2.45, 2.75) is 38.4 Å². The van der Waals surface area contributed by atoms with Crippen LogP contribution in [-0.2, 0) is 12.7 Å². The maximum atomic E-state index is 13.3. The molecule has 1 heterocycles. The second kappa shape index (κ2) is 10.1. The Labute approximate surface area is 177 Å². The summed E-state index contributed by atoms with van der Waals surface area (Å²) in [6.45, 7) is 1.04. The molecule has 0 saturated heterocycles. The summed E-state index contributed by atoms with van der Waals surface area (Å²) in [6, 6.07) is 2.48. The summed E-state index contributed by atoms with van der Waals surface area (Å²) in [5.41, 5.74) is 6.41. The maximum Gasteiger partial charge on any atom is 0.416 e. The predicted molar refractivity (Wildman–Crippen MR) is 111 cm³/mol. The fraction of sp³-hybridized carbons (Fsp3) is 0.500. The fourth-order valence-electron chi connectivity index (χ4n) is 3.73. The molecule has 1 aliphatic rings. The minimum absolute atomic E-state index is 0.0470. The van der Waals surface area contributed by atoms with Crippen LogP contribution >= 0.6 is 0 Å². The molecule has 11 heteroatoms. The zero-order chi connectivity index (χ0) is 22.4. The monoisotopic (exact) mass is 441 g/mol. The number of alkyl halides is 3. The molecule has 0 atom stereocenters. The van der Waals surface area contributed by atoms with Crippen LogP contribution in [0.3, 0.4) is 0 Å². The molecule has 1 aliphatic carbocycles. The molecular weight excluding hydrogens is 416 g/mol. The van der Waals surface area contributed by atoms with Crippen molar-refractivity contribution in [2.24, 2.45) is 17.6 Å². The minimum atomic E-state index is -4.69. The molecule has 1 fully saturated rings. The van der Waals surface area contributed by atoms with Gasteiger partial charge in [-0.2, -0.15) is 18.2 Å². The molecule has 0 unspecified atom stereocenters. The second-order valence-electron chi connectivity index (χ2n) is 7.71. The highest BCUT2D eigenvalue weighted by Crippen LogP contribution is 2.33. The summed E-state index contributed by atoms with van der Waals surface area (Å²) in [6.07, 6.45) is 0.736. The van der Waals surface area contributed by atoms with Gasteiger partial charge in [-0.25, -0.2) is 9.37 Å². The number of halogens is 4. The molecule has 3 rings (SSSR count). The van der Waals surface area contributed by atoms with Crippen molar-refractivity contribution in [3.8, 4) is 0 Å². The third kappa shape index (κ3) is 6.17. The van der Waals surface area contributed by atoms with Gasteiger partial charge in [0, 0.05) is 13.1 Å². The third-order valence-electron chi connectivity index (χ3n) is 5.57.